The van der Waals surface area contributed by atoms with Crippen LogP contribution in [0.3, 0.4) is 0 Å². The Morgan fingerprint density at radius 2 is 2.13 bits per heavy atom. The number of carbonyl (C=O) groups excluding carboxylic acids is 1. The Morgan fingerprint density at radius 1 is 1.35 bits per heavy atom. The van der Waals surface area contributed by atoms with Crippen LogP contribution in [0.1, 0.15) is 18.9 Å². The molecule has 1 N–H and O–H groups in total. The highest BCUT2D eigenvalue weighted by molar-refractivity contribution is 9.10. The number of hydrogen-bond acceptors (Lipinski definition) is 7. The van der Waals surface area contributed by atoms with Crippen molar-refractivity contribution in [2.45, 2.75) is 23.6 Å². The van der Waals surface area contributed by atoms with Gasteiger partial charge in [-0.3, -0.25) is 9.48 Å². The third-order valence-electron chi connectivity index (χ3n) is 4.71. The number of rotatable bonds is 6. The fourth-order valence-corrected chi connectivity index (χ4v) is 5.38. The van der Waals surface area contributed by atoms with Crippen LogP contribution >= 0.6 is 39.0 Å². The average Bonchev–Trinajstić information content (AvgIpc) is 3.36. The number of aromatic nitrogens is 4. The lowest BCUT2D eigenvalue weighted by atomic mass is 10.1. The highest BCUT2D eigenvalue weighted by Gasteiger charge is 2.24. The number of thioether (sulfide) groups is 1. The van der Waals surface area contributed by atoms with Crippen molar-refractivity contribution in [3.05, 3.63) is 52.2 Å². The summed E-state index contributed by atoms with van der Waals surface area (Å²) in [6, 6.07) is 10.1. The largest absolute Gasteiger partial charge is 0.309 e. The molecule has 1 unspecified atom stereocenters. The smallest absolute Gasteiger partial charge is 0.239 e. The van der Waals surface area contributed by atoms with Gasteiger partial charge >= 0.3 is 0 Å². The van der Waals surface area contributed by atoms with E-state index in [0.717, 1.165) is 30.8 Å². The van der Waals surface area contributed by atoms with Crippen molar-refractivity contribution in [2.75, 3.05) is 5.32 Å². The molecule has 3 heterocycles. The van der Waals surface area contributed by atoms with E-state index < -0.39 is 5.25 Å². The number of amides is 1. The Morgan fingerprint density at radius 3 is 2.84 bits per heavy atom. The molecule has 0 radical (unpaired) electrons. The Hall–Kier alpha value is -2.74. The Bertz CT molecular complexity index is 1290. The second kappa shape index (κ2) is 9.18. The lowest BCUT2D eigenvalue weighted by Gasteiger charge is -2.15. The third-order valence-corrected chi connectivity index (χ3v) is 7.49. The first-order valence-electron chi connectivity index (χ1n) is 9.39. The number of thiophene rings is 1. The minimum atomic E-state index is -0.391. The predicted molar refractivity (Wildman–Crippen MR) is 127 cm³/mol. The molecule has 1 amide bonds. The quantitative estimate of drug-likeness (QED) is 0.280. The van der Waals surface area contributed by atoms with E-state index in [1.807, 2.05) is 31.2 Å². The van der Waals surface area contributed by atoms with E-state index in [4.69, 9.17) is 0 Å². The second-order valence-corrected chi connectivity index (χ2v) is 9.63. The molecule has 0 saturated heterocycles. The molecule has 4 rings (SSSR count). The number of fused-ring (bicyclic) bond motifs is 1. The topological polar surface area (TPSA) is 96.5 Å². The number of benzene rings is 1. The molecule has 0 aliphatic carbocycles. The summed E-state index contributed by atoms with van der Waals surface area (Å²) >= 11 is 6.44. The number of hydrogen-bond donors (Lipinski definition) is 1. The lowest BCUT2D eigenvalue weighted by molar-refractivity contribution is -0.115. The predicted octanol–water partition coefficient (Wildman–Crippen LogP) is 5.24. The molecule has 10 heteroatoms. The molecular weight excluding hydrogens is 496 g/mol. The normalized spacial score (nSPS) is 11.9. The van der Waals surface area contributed by atoms with E-state index in [-0.39, 0.29) is 5.91 Å². The highest BCUT2D eigenvalue weighted by Crippen LogP contribution is 2.39. The summed E-state index contributed by atoms with van der Waals surface area (Å²) in [7, 11) is 1.69. The standard InChI is InChI=1S/C21H17BrN6OS2/c1-3-16(19(29)27-18-13(8-23)9-26-28(18)2)31-21-17-15(10-30-20(17)24-11-25-21)12-4-6-14(22)7-5-12/h4-7,9-11,16H,3H2,1-2H3,(H,27,29). The molecule has 156 valence electrons. The molecule has 3 aromatic heterocycles. The summed E-state index contributed by atoms with van der Waals surface area (Å²) in [4.78, 5) is 22.8. The number of anilines is 1. The van der Waals surface area contributed by atoms with Crippen LogP contribution in [-0.2, 0) is 11.8 Å². The molecule has 4 aromatic rings. The summed E-state index contributed by atoms with van der Waals surface area (Å²) < 4.78 is 2.50. The molecule has 0 aliphatic heterocycles. The first-order chi connectivity index (χ1) is 15.0. The molecule has 0 aliphatic rings. The molecular formula is C21H17BrN6OS2. The monoisotopic (exact) mass is 512 g/mol. The first-order valence-corrected chi connectivity index (χ1v) is 11.9. The van der Waals surface area contributed by atoms with Crippen molar-refractivity contribution >= 4 is 61.0 Å². The van der Waals surface area contributed by atoms with E-state index >= 15 is 0 Å². The lowest BCUT2D eigenvalue weighted by Crippen LogP contribution is -2.26. The number of carbonyl (C=O) groups is 1. The zero-order valence-corrected chi connectivity index (χ0v) is 19.9. The maximum Gasteiger partial charge on any atom is 0.239 e. The fraction of sp³-hybridized carbons (Fsp3) is 0.190. The number of halogens is 1. The molecule has 31 heavy (non-hydrogen) atoms. The third kappa shape index (κ3) is 4.35. The van der Waals surface area contributed by atoms with Gasteiger partial charge in [0.25, 0.3) is 0 Å². The van der Waals surface area contributed by atoms with Gasteiger partial charge in [-0.15, -0.1) is 11.3 Å². The van der Waals surface area contributed by atoms with Crippen LogP contribution in [0.4, 0.5) is 5.82 Å². The van der Waals surface area contributed by atoms with Crippen LogP contribution in [-0.4, -0.2) is 30.9 Å². The molecule has 1 atom stereocenters. The van der Waals surface area contributed by atoms with Crippen molar-refractivity contribution < 1.29 is 4.79 Å². The van der Waals surface area contributed by atoms with Crippen LogP contribution in [0.15, 0.2) is 51.7 Å². The van der Waals surface area contributed by atoms with Gasteiger partial charge in [-0.05, 0) is 24.1 Å². The van der Waals surface area contributed by atoms with Gasteiger partial charge in [0.15, 0.2) is 0 Å². The summed E-state index contributed by atoms with van der Waals surface area (Å²) in [6.07, 6.45) is 3.57. The van der Waals surface area contributed by atoms with E-state index in [2.05, 4.69) is 47.8 Å². The molecule has 0 spiro atoms. The summed E-state index contributed by atoms with van der Waals surface area (Å²) in [5, 5.41) is 19.5. The zero-order valence-electron chi connectivity index (χ0n) is 16.7. The van der Waals surface area contributed by atoms with Crippen molar-refractivity contribution in [1.82, 2.24) is 19.7 Å². The van der Waals surface area contributed by atoms with E-state index in [0.29, 0.717) is 17.8 Å². The average molecular weight is 513 g/mol. The van der Waals surface area contributed by atoms with E-state index in [9.17, 15) is 10.1 Å². The maximum absolute atomic E-state index is 13.0. The summed E-state index contributed by atoms with van der Waals surface area (Å²) in [6.45, 7) is 1.95. The van der Waals surface area contributed by atoms with Crippen molar-refractivity contribution in [3.63, 3.8) is 0 Å². The number of aryl methyl sites for hydroxylation is 1. The van der Waals surface area contributed by atoms with Gasteiger partial charge in [0.1, 0.15) is 33.6 Å². The van der Waals surface area contributed by atoms with Crippen molar-refractivity contribution in [2.24, 2.45) is 7.05 Å². The van der Waals surface area contributed by atoms with E-state index in [1.54, 1.807) is 18.4 Å². The molecule has 0 bridgehead atoms. The van der Waals surface area contributed by atoms with Gasteiger partial charge in [0.05, 0.1) is 16.8 Å². The first kappa shape index (κ1) is 21.5. The van der Waals surface area contributed by atoms with Gasteiger partial charge in [0.2, 0.25) is 5.91 Å². The van der Waals surface area contributed by atoms with Gasteiger partial charge < -0.3 is 5.32 Å². The zero-order chi connectivity index (χ0) is 22.0. The van der Waals surface area contributed by atoms with Gasteiger partial charge in [-0.2, -0.15) is 10.4 Å². The van der Waals surface area contributed by atoms with Crippen LogP contribution < -0.4 is 5.32 Å². The van der Waals surface area contributed by atoms with Crippen LogP contribution in [0.2, 0.25) is 0 Å². The number of nitriles is 1. The molecule has 0 saturated carbocycles. The fourth-order valence-electron chi connectivity index (χ4n) is 3.10. The molecule has 0 fully saturated rings. The van der Waals surface area contributed by atoms with Gasteiger partial charge in [0, 0.05) is 22.5 Å². The van der Waals surface area contributed by atoms with Crippen molar-refractivity contribution in [3.8, 4) is 17.2 Å². The van der Waals surface area contributed by atoms with Gasteiger partial charge in [-0.25, -0.2) is 9.97 Å². The molecule has 7 nitrogen and oxygen atoms in total. The van der Waals surface area contributed by atoms with E-state index in [1.165, 1.54) is 29.0 Å². The Labute approximate surface area is 195 Å². The summed E-state index contributed by atoms with van der Waals surface area (Å²) in [5.74, 6) is 0.199. The Balaban J connectivity index is 1.66. The summed E-state index contributed by atoms with van der Waals surface area (Å²) in [5.41, 5.74) is 2.44. The SMILES string of the molecule is CCC(Sc1ncnc2scc(-c3ccc(Br)cc3)c12)C(=O)Nc1c(C#N)cnn1C. The number of nitrogens with one attached hydrogen (secondary N) is 1. The second-order valence-electron chi connectivity index (χ2n) is 6.66. The van der Waals surface area contributed by atoms with Crippen LogP contribution in [0.5, 0.6) is 0 Å². The van der Waals surface area contributed by atoms with Gasteiger partial charge in [-0.1, -0.05) is 46.7 Å². The Kier molecular flexibility index (Phi) is 6.36. The number of nitrogens with zero attached hydrogens (tertiary/aromatic N) is 5. The minimum absolute atomic E-state index is 0.195. The maximum atomic E-state index is 13.0. The van der Waals surface area contributed by atoms with Crippen LogP contribution in [0, 0.1) is 11.3 Å². The van der Waals surface area contributed by atoms with Crippen LogP contribution in [0.25, 0.3) is 21.3 Å². The minimum Gasteiger partial charge on any atom is -0.309 e. The van der Waals surface area contributed by atoms with Crippen molar-refractivity contribution in [1.29, 1.82) is 5.26 Å². The highest BCUT2D eigenvalue weighted by atomic mass is 79.9. The molecule has 1 aromatic carbocycles.